The highest BCUT2D eigenvalue weighted by atomic mass is 32.1. The lowest BCUT2D eigenvalue weighted by atomic mass is 10.0. The molecule has 1 amide bonds. The fourth-order valence-corrected chi connectivity index (χ4v) is 3.29. The van der Waals surface area contributed by atoms with Crippen LogP contribution in [0.3, 0.4) is 0 Å². The highest BCUT2D eigenvalue weighted by molar-refractivity contribution is 7.13. The molecule has 0 fully saturated rings. The molecule has 0 aliphatic carbocycles. The van der Waals surface area contributed by atoms with E-state index in [2.05, 4.69) is 27.4 Å². The summed E-state index contributed by atoms with van der Waals surface area (Å²) in [4.78, 5) is 24.0. The van der Waals surface area contributed by atoms with Crippen LogP contribution < -0.4 is 5.32 Å². The number of nitrogens with zero attached hydrogens (tertiary/aromatic N) is 4. The van der Waals surface area contributed by atoms with Gasteiger partial charge in [-0.3, -0.25) is 4.79 Å². The van der Waals surface area contributed by atoms with Crippen molar-refractivity contribution in [1.29, 1.82) is 0 Å². The summed E-state index contributed by atoms with van der Waals surface area (Å²) >= 11 is 1.45. The van der Waals surface area contributed by atoms with Gasteiger partial charge >= 0.3 is 0 Å². The number of hydrogen-bond acceptors (Lipinski definition) is 7. The summed E-state index contributed by atoms with van der Waals surface area (Å²) in [6.45, 7) is 8.24. The van der Waals surface area contributed by atoms with Gasteiger partial charge in [-0.2, -0.15) is 4.98 Å². The van der Waals surface area contributed by atoms with Gasteiger partial charge in [0.25, 0.3) is 5.91 Å². The molecule has 0 spiro atoms. The van der Waals surface area contributed by atoms with Gasteiger partial charge in [0.05, 0.1) is 22.8 Å². The molecule has 0 aromatic carbocycles. The van der Waals surface area contributed by atoms with Crippen LogP contribution in [-0.4, -0.2) is 40.0 Å². The van der Waals surface area contributed by atoms with Crippen molar-refractivity contribution in [2.45, 2.75) is 52.6 Å². The van der Waals surface area contributed by atoms with E-state index < -0.39 is 5.54 Å². The van der Waals surface area contributed by atoms with Gasteiger partial charge < -0.3 is 14.7 Å². The van der Waals surface area contributed by atoms with Crippen LogP contribution in [0.25, 0.3) is 0 Å². The minimum Gasteiger partial charge on any atom is -0.339 e. The lowest BCUT2D eigenvalue weighted by Gasteiger charge is -2.22. The third-order valence-corrected chi connectivity index (χ3v) is 4.63. The molecule has 0 aliphatic heterocycles. The van der Waals surface area contributed by atoms with Crippen molar-refractivity contribution in [3.05, 3.63) is 27.3 Å². The van der Waals surface area contributed by atoms with E-state index in [0.717, 1.165) is 23.5 Å². The quantitative estimate of drug-likeness (QED) is 0.825. The molecule has 8 heteroatoms. The second-order valence-corrected chi connectivity index (χ2v) is 7.68. The Balaban J connectivity index is 2.13. The zero-order valence-corrected chi connectivity index (χ0v) is 16.0. The van der Waals surface area contributed by atoms with Crippen LogP contribution in [0.15, 0.2) is 4.52 Å². The lowest BCUT2D eigenvalue weighted by Crippen LogP contribution is -2.41. The number of aromatic nitrogens is 3. The highest BCUT2D eigenvalue weighted by Crippen LogP contribution is 2.23. The van der Waals surface area contributed by atoms with Crippen LogP contribution in [0.4, 0.5) is 0 Å². The standard InChI is InChI=1S/C16H25N5O2S/c1-7-8-12-17-10(2)13(24-12)14(22)19-16(3,4)15-18-11(23-20-15)9-21(5)6/h7-9H2,1-6H3,(H,19,22). The molecule has 2 heterocycles. The number of hydrogen-bond donors (Lipinski definition) is 1. The topological polar surface area (TPSA) is 84.2 Å². The second-order valence-electron chi connectivity index (χ2n) is 6.60. The number of aryl methyl sites for hydroxylation is 2. The molecule has 0 aliphatic rings. The van der Waals surface area contributed by atoms with Crippen LogP contribution >= 0.6 is 11.3 Å². The fraction of sp³-hybridized carbons (Fsp3) is 0.625. The van der Waals surface area contributed by atoms with Crippen molar-refractivity contribution in [3.63, 3.8) is 0 Å². The van der Waals surface area contributed by atoms with E-state index in [1.807, 2.05) is 39.8 Å². The summed E-state index contributed by atoms with van der Waals surface area (Å²) in [5, 5.41) is 7.98. The van der Waals surface area contributed by atoms with Crippen molar-refractivity contribution in [3.8, 4) is 0 Å². The molecule has 0 saturated carbocycles. The van der Waals surface area contributed by atoms with Gasteiger partial charge in [0.2, 0.25) is 5.89 Å². The Bertz CT molecular complexity index is 705. The monoisotopic (exact) mass is 351 g/mol. The van der Waals surface area contributed by atoms with Crippen LogP contribution in [0.1, 0.15) is 59.3 Å². The summed E-state index contributed by atoms with van der Waals surface area (Å²) in [6.07, 6.45) is 1.90. The average Bonchev–Trinajstić information content (AvgIpc) is 3.05. The van der Waals surface area contributed by atoms with Crippen molar-refractivity contribution in [2.24, 2.45) is 0 Å². The summed E-state index contributed by atoms with van der Waals surface area (Å²) in [7, 11) is 3.86. The zero-order chi connectivity index (χ0) is 17.9. The molecule has 24 heavy (non-hydrogen) atoms. The molecule has 132 valence electrons. The van der Waals surface area contributed by atoms with Gasteiger partial charge in [0.15, 0.2) is 5.82 Å². The second kappa shape index (κ2) is 7.40. The predicted molar refractivity (Wildman–Crippen MR) is 93.0 cm³/mol. The maximum atomic E-state index is 12.6. The first-order valence-electron chi connectivity index (χ1n) is 7.99. The summed E-state index contributed by atoms with van der Waals surface area (Å²) in [5.74, 6) is 0.830. The molecule has 0 atom stereocenters. The normalized spacial score (nSPS) is 12.0. The Morgan fingerprint density at radius 3 is 2.67 bits per heavy atom. The number of carbonyl (C=O) groups excluding carboxylic acids is 1. The van der Waals surface area contributed by atoms with E-state index in [1.54, 1.807) is 0 Å². The van der Waals surface area contributed by atoms with E-state index in [9.17, 15) is 4.79 Å². The molecule has 2 aromatic heterocycles. The smallest absolute Gasteiger partial charge is 0.264 e. The van der Waals surface area contributed by atoms with E-state index in [0.29, 0.717) is 23.1 Å². The molecule has 0 bridgehead atoms. The molecular weight excluding hydrogens is 326 g/mol. The van der Waals surface area contributed by atoms with Gasteiger partial charge in [-0.05, 0) is 47.7 Å². The maximum Gasteiger partial charge on any atom is 0.264 e. The summed E-state index contributed by atoms with van der Waals surface area (Å²) < 4.78 is 5.25. The Labute approximate surface area is 146 Å². The van der Waals surface area contributed by atoms with Gasteiger partial charge in [0, 0.05) is 0 Å². The van der Waals surface area contributed by atoms with Crippen molar-refractivity contribution in [1.82, 2.24) is 25.3 Å². The first kappa shape index (κ1) is 18.5. The molecule has 7 nitrogen and oxygen atoms in total. The summed E-state index contributed by atoms with van der Waals surface area (Å²) in [6, 6.07) is 0. The number of thiazole rings is 1. The van der Waals surface area contributed by atoms with Crippen LogP contribution in [0.5, 0.6) is 0 Å². The van der Waals surface area contributed by atoms with E-state index in [-0.39, 0.29) is 5.91 Å². The Morgan fingerprint density at radius 2 is 2.04 bits per heavy atom. The zero-order valence-electron chi connectivity index (χ0n) is 15.1. The molecule has 1 N–H and O–H groups in total. The van der Waals surface area contributed by atoms with Crippen molar-refractivity contribution in [2.75, 3.05) is 14.1 Å². The van der Waals surface area contributed by atoms with E-state index >= 15 is 0 Å². The molecule has 2 aromatic rings. The Hall–Kier alpha value is -1.80. The maximum absolute atomic E-state index is 12.6. The highest BCUT2D eigenvalue weighted by Gasteiger charge is 2.30. The molecule has 0 unspecified atom stereocenters. The number of carbonyl (C=O) groups is 1. The minimum atomic E-state index is -0.730. The molecule has 2 rings (SSSR count). The van der Waals surface area contributed by atoms with Crippen LogP contribution in [0, 0.1) is 6.92 Å². The Morgan fingerprint density at radius 1 is 1.33 bits per heavy atom. The third-order valence-electron chi connectivity index (χ3n) is 3.42. The Kier molecular flexibility index (Phi) is 5.71. The van der Waals surface area contributed by atoms with Crippen molar-refractivity contribution >= 4 is 17.2 Å². The van der Waals surface area contributed by atoms with Gasteiger partial charge in [-0.15, -0.1) is 11.3 Å². The molecule has 0 saturated heterocycles. The van der Waals surface area contributed by atoms with Crippen LogP contribution in [0.2, 0.25) is 0 Å². The number of rotatable bonds is 7. The molecular formula is C16H25N5O2S. The van der Waals surface area contributed by atoms with Crippen LogP contribution in [-0.2, 0) is 18.5 Å². The van der Waals surface area contributed by atoms with E-state index in [1.165, 1.54) is 11.3 Å². The lowest BCUT2D eigenvalue weighted by molar-refractivity contribution is 0.0911. The third kappa shape index (κ3) is 4.39. The summed E-state index contributed by atoms with van der Waals surface area (Å²) in [5.41, 5.74) is 0.0325. The first-order valence-corrected chi connectivity index (χ1v) is 8.81. The predicted octanol–water partition coefficient (Wildman–Crippen LogP) is 2.51. The number of amides is 1. The number of nitrogens with one attached hydrogen (secondary N) is 1. The van der Waals surface area contributed by atoms with Gasteiger partial charge in [-0.25, -0.2) is 4.98 Å². The molecule has 0 radical (unpaired) electrons. The largest absolute Gasteiger partial charge is 0.339 e. The fourth-order valence-electron chi connectivity index (χ4n) is 2.22. The SMILES string of the molecule is CCCc1nc(C)c(C(=O)NC(C)(C)c2noc(CN(C)C)n2)s1. The van der Waals surface area contributed by atoms with Gasteiger partial charge in [0.1, 0.15) is 4.88 Å². The first-order chi connectivity index (χ1) is 11.2. The average molecular weight is 351 g/mol. The minimum absolute atomic E-state index is 0.156. The van der Waals surface area contributed by atoms with E-state index in [4.69, 9.17) is 4.52 Å². The van der Waals surface area contributed by atoms with Crippen molar-refractivity contribution < 1.29 is 9.32 Å². The van der Waals surface area contributed by atoms with Gasteiger partial charge in [-0.1, -0.05) is 12.1 Å².